The Bertz CT molecular complexity index is 438. The Morgan fingerprint density at radius 3 is 2.42 bits per heavy atom. The van der Waals surface area contributed by atoms with Crippen molar-refractivity contribution in [3.8, 4) is 5.75 Å². The molecule has 0 spiro atoms. The average Bonchev–Trinajstić information content (AvgIpc) is 2.82. The summed E-state index contributed by atoms with van der Waals surface area (Å²) in [5, 5.41) is 5.82. The van der Waals surface area contributed by atoms with Gasteiger partial charge in [-0.3, -0.25) is 4.79 Å². The lowest BCUT2D eigenvalue weighted by Crippen LogP contribution is -2.19. The van der Waals surface area contributed by atoms with E-state index in [1.807, 2.05) is 38.1 Å². The first-order valence-electron chi connectivity index (χ1n) is 6.78. The summed E-state index contributed by atoms with van der Waals surface area (Å²) in [7, 11) is 1.62. The van der Waals surface area contributed by atoms with Crippen molar-refractivity contribution in [2.24, 2.45) is 5.10 Å². The Balaban J connectivity index is 0.000000861. The number of ether oxygens (including phenoxy) is 1. The third kappa shape index (κ3) is 3.81. The van der Waals surface area contributed by atoms with Crippen LogP contribution in [0, 0.1) is 0 Å². The standard InChI is InChI=1S/C13H16N2O2.C2H6/c1-3-4-10-9-13(16)15(14-10)11-5-7-12(17-2)8-6-11;1-2/h5-8H,3-4,9H2,1-2H3;1-2H3. The lowest BCUT2D eigenvalue weighted by atomic mass is 10.2. The first-order valence-corrected chi connectivity index (χ1v) is 6.78. The summed E-state index contributed by atoms with van der Waals surface area (Å²) in [6, 6.07) is 7.34. The zero-order chi connectivity index (χ0) is 14.3. The van der Waals surface area contributed by atoms with Gasteiger partial charge in [0.2, 0.25) is 0 Å². The van der Waals surface area contributed by atoms with Crippen LogP contribution < -0.4 is 9.75 Å². The highest BCUT2D eigenvalue weighted by atomic mass is 16.5. The number of nitrogens with zero attached hydrogens (tertiary/aromatic N) is 2. The van der Waals surface area contributed by atoms with Gasteiger partial charge in [-0.2, -0.15) is 5.10 Å². The summed E-state index contributed by atoms with van der Waals surface area (Å²) in [6.45, 7) is 6.09. The van der Waals surface area contributed by atoms with Crippen LogP contribution >= 0.6 is 0 Å². The van der Waals surface area contributed by atoms with E-state index in [9.17, 15) is 4.79 Å². The van der Waals surface area contributed by atoms with Crippen LogP contribution in [0.15, 0.2) is 29.4 Å². The highest BCUT2D eigenvalue weighted by molar-refractivity contribution is 6.12. The van der Waals surface area contributed by atoms with Crippen molar-refractivity contribution in [3.05, 3.63) is 24.3 Å². The number of carbonyl (C=O) groups is 1. The van der Waals surface area contributed by atoms with E-state index in [-0.39, 0.29) is 5.91 Å². The van der Waals surface area contributed by atoms with Gasteiger partial charge >= 0.3 is 0 Å². The number of benzene rings is 1. The van der Waals surface area contributed by atoms with Crippen molar-refractivity contribution in [2.45, 2.75) is 40.0 Å². The van der Waals surface area contributed by atoms with Crippen LogP contribution in [0.3, 0.4) is 0 Å². The molecule has 0 N–H and O–H groups in total. The van der Waals surface area contributed by atoms with Crippen molar-refractivity contribution in [2.75, 3.05) is 12.1 Å². The zero-order valence-electron chi connectivity index (χ0n) is 12.1. The molecule has 4 nitrogen and oxygen atoms in total. The number of carbonyl (C=O) groups excluding carboxylic acids is 1. The van der Waals surface area contributed by atoms with E-state index < -0.39 is 0 Å². The van der Waals surface area contributed by atoms with E-state index in [0.717, 1.165) is 30.0 Å². The van der Waals surface area contributed by atoms with Crippen molar-refractivity contribution in [1.29, 1.82) is 0 Å². The monoisotopic (exact) mass is 262 g/mol. The molecule has 0 saturated heterocycles. The molecular weight excluding hydrogens is 240 g/mol. The summed E-state index contributed by atoms with van der Waals surface area (Å²) >= 11 is 0. The highest BCUT2D eigenvalue weighted by Crippen LogP contribution is 2.24. The molecule has 0 fully saturated rings. The summed E-state index contributed by atoms with van der Waals surface area (Å²) in [6.07, 6.45) is 2.35. The Hall–Kier alpha value is -1.84. The lowest BCUT2D eigenvalue weighted by Gasteiger charge is -2.11. The molecule has 0 radical (unpaired) electrons. The van der Waals surface area contributed by atoms with Gasteiger partial charge in [0.15, 0.2) is 0 Å². The fraction of sp³-hybridized carbons (Fsp3) is 0.467. The maximum Gasteiger partial charge on any atom is 0.253 e. The van der Waals surface area contributed by atoms with E-state index in [4.69, 9.17) is 4.74 Å². The predicted octanol–water partition coefficient (Wildman–Crippen LogP) is 3.61. The van der Waals surface area contributed by atoms with Crippen LogP contribution in [-0.2, 0) is 4.79 Å². The van der Waals surface area contributed by atoms with Crippen LogP contribution in [0.25, 0.3) is 0 Å². The SMILES string of the molecule is CC.CCCC1=NN(c2ccc(OC)cc2)C(=O)C1. The molecule has 0 unspecified atom stereocenters. The predicted molar refractivity (Wildman–Crippen MR) is 78.8 cm³/mol. The van der Waals surface area contributed by atoms with E-state index in [2.05, 4.69) is 12.0 Å². The third-order valence-corrected chi connectivity index (χ3v) is 2.69. The quantitative estimate of drug-likeness (QED) is 0.831. The molecular formula is C15H22N2O2. The van der Waals surface area contributed by atoms with Crippen molar-refractivity contribution in [3.63, 3.8) is 0 Å². The topological polar surface area (TPSA) is 41.9 Å². The summed E-state index contributed by atoms with van der Waals surface area (Å²) < 4.78 is 5.08. The van der Waals surface area contributed by atoms with Gasteiger partial charge in [-0.1, -0.05) is 27.2 Å². The average molecular weight is 262 g/mol. The summed E-state index contributed by atoms with van der Waals surface area (Å²) in [5.74, 6) is 0.816. The number of hydrogen-bond acceptors (Lipinski definition) is 3. The second-order valence-electron chi connectivity index (χ2n) is 4.00. The molecule has 1 heterocycles. The van der Waals surface area contributed by atoms with Crippen LogP contribution in [0.4, 0.5) is 5.69 Å². The number of rotatable bonds is 4. The van der Waals surface area contributed by atoms with Crippen LogP contribution in [0.5, 0.6) is 5.75 Å². The first-order chi connectivity index (χ1) is 9.24. The van der Waals surface area contributed by atoms with Crippen LogP contribution in [0.1, 0.15) is 40.0 Å². The van der Waals surface area contributed by atoms with Crippen LogP contribution in [0.2, 0.25) is 0 Å². The molecule has 2 rings (SSSR count). The number of hydrogen-bond donors (Lipinski definition) is 0. The van der Waals surface area contributed by atoms with Gasteiger partial charge in [-0.05, 0) is 30.7 Å². The second kappa shape index (κ2) is 7.56. The second-order valence-corrected chi connectivity index (χ2v) is 4.00. The number of hydrazone groups is 1. The minimum atomic E-state index is 0.0404. The van der Waals surface area contributed by atoms with Crippen molar-refractivity contribution >= 4 is 17.3 Å². The number of anilines is 1. The maximum absolute atomic E-state index is 11.8. The normalized spacial score (nSPS) is 13.8. The number of amides is 1. The highest BCUT2D eigenvalue weighted by Gasteiger charge is 2.24. The van der Waals surface area contributed by atoms with Gasteiger partial charge in [0, 0.05) is 5.71 Å². The third-order valence-electron chi connectivity index (χ3n) is 2.69. The fourth-order valence-electron chi connectivity index (χ4n) is 1.83. The van der Waals surface area contributed by atoms with E-state index in [1.165, 1.54) is 5.01 Å². The molecule has 1 aromatic carbocycles. The van der Waals surface area contributed by atoms with Gasteiger partial charge < -0.3 is 4.74 Å². The van der Waals surface area contributed by atoms with Crippen LogP contribution in [-0.4, -0.2) is 18.7 Å². The van der Waals surface area contributed by atoms with Crippen molar-refractivity contribution in [1.82, 2.24) is 0 Å². The molecule has 0 bridgehead atoms. The molecule has 0 saturated carbocycles. The number of methoxy groups -OCH3 is 1. The smallest absolute Gasteiger partial charge is 0.253 e. The van der Waals surface area contributed by atoms with Gasteiger partial charge in [0.05, 0.1) is 19.2 Å². The maximum atomic E-state index is 11.8. The fourth-order valence-corrected chi connectivity index (χ4v) is 1.83. The zero-order valence-corrected chi connectivity index (χ0v) is 12.1. The minimum absolute atomic E-state index is 0.0404. The molecule has 0 atom stereocenters. The van der Waals surface area contributed by atoms with E-state index in [0.29, 0.717) is 6.42 Å². The Labute approximate surface area is 115 Å². The van der Waals surface area contributed by atoms with E-state index in [1.54, 1.807) is 7.11 Å². The summed E-state index contributed by atoms with van der Waals surface area (Å²) in [4.78, 5) is 11.8. The molecule has 104 valence electrons. The minimum Gasteiger partial charge on any atom is -0.497 e. The Kier molecular flexibility index (Phi) is 6.06. The summed E-state index contributed by atoms with van der Waals surface area (Å²) in [5.41, 5.74) is 1.76. The Morgan fingerprint density at radius 1 is 1.26 bits per heavy atom. The molecule has 0 aliphatic carbocycles. The first kappa shape index (κ1) is 15.2. The van der Waals surface area contributed by atoms with E-state index >= 15 is 0 Å². The lowest BCUT2D eigenvalue weighted by molar-refractivity contribution is -0.116. The molecule has 19 heavy (non-hydrogen) atoms. The molecule has 0 aromatic heterocycles. The molecule has 1 amide bonds. The molecule has 4 heteroatoms. The Morgan fingerprint density at radius 2 is 1.89 bits per heavy atom. The largest absolute Gasteiger partial charge is 0.497 e. The van der Waals surface area contributed by atoms with Gasteiger partial charge in [-0.15, -0.1) is 0 Å². The molecule has 1 aliphatic heterocycles. The van der Waals surface area contributed by atoms with Gasteiger partial charge in [0.1, 0.15) is 5.75 Å². The van der Waals surface area contributed by atoms with Crippen molar-refractivity contribution < 1.29 is 9.53 Å². The van der Waals surface area contributed by atoms with Gasteiger partial charge in [-0.25, -0.2) is 5.01 Å². The molecule has 1 aliphatic rings. The molecule has 1 aromatic rings. The van der Waals surface area contributed by atoms with Gasteiger partial charge in [0.25, 0.3) is 5.91 Å².